The quantitative estimate of drug-likeness (QED) is 0.486. The van der Waals surface area contributed by atoms with Crippen LogP contribution in [0.1, 0.15) is 0 Å². The van der Waals surface area contributed by atoms with Gasteiger partial charge >= 0.3 is 29.1 Å². The minimum Gasteiger partial charge on any atom is -0.389 e. The molecular formula is C6H3N7O3. The van der Waals surface area contributed by atoms with Crippen molar-refractivity contribution >= 4 is 29.3 Å². The Balaban J connectivity index is 2.59. The summed E-state index contributed by atoms with van der Waals surface area (Å²) in [5, 5.41) is 0. The second kappa shape index (κ2) is 2.85. The minimum atomic E-state index is -0.668. The molecule has 16 heavy (non-hydrogen) atoms. The predicted molar refractivity (Wildman–Crippen MR) is 48.8 cm³/mol. The first-order valence-electron chi connectivity index (χ1n) is 4.05. The zero-order valence-corrected chi connectivity index (χ0v) is 7.54. The van der Waals surface area contributed by atoms with Crippen molar-refractivity contribution in [1.82, 2.24) is 29.9 Å². The fraction of sp³-hybridized carbons (Fsp3) is 0. The van der Waals surface area contributed by atoms with Gasteiger partial charge in [-0.1, -0.05) is 0 Å². The molecule has 0 aliphatic carbocycles. The average molecular weight is 221 g/mol. The normalized spacial score (nSPS) is 11.0. The standard InChI is InChI=1S/C6H3N7O3/c7-1-8-3-12-4(9-1)16-6-11-2(14)10-5(13-6)15-3/h(H2,7,8,9,12)(H,10,11,13,14). The molecular weight excluding hydrogens is 218 g/mol. The van der Waals surface area contributed by atoms with Crippen LogP contribution in [0.25, 0.3) is 23.4 Å². The van der Waals surface area contributed by atoms with Crippen molar-refractivity contribution in [3.8, 4) is 0 Å². The van der Waals surface area contributed by atoms with E-state index in [1.54, 1.807) is 0 Å². The van der Waals surface area contributed by atoms with Gasteiger partial charge in [0.15, 0.2) is 0 Å². The summed E-state index contributed by atoms with van der Waals surface area (Å²) in [7, 11) is 0. The molecule has 80 valence electrons. The summed E-state index contributed by atoms with van der Waals surface area (Å²) in [6.45, 7) is 0. The maximum absolute atomic E-state index is 11.0. The van der Waals surface area contributed by atoms with E-state index in [-0.39, 0.29) is 29.3 Å². The Kier molecular flexibility index (Phi) is 1.52. The van der Waals surface area contributed by atoms with Gasteiger partial charge in [0.2, 0.25) is 5.95 Å². The molecule has 4 bridgehead atoms. The summed E-state index contributed by atoms with van der Waals surface area (Å²) >= 11 is 0. The number of anilines is 1. The molecule has 3 N–H and O–H groups in total. The van der Waals surface area contributed by atoms with Crippen molar-refractivity contribution in [2.75, 3.05) is 5.73 Å². The van der Waals surface area contributed by atoms with Crippen LogP contribution in [0.3, 0.4) is 0 Å². The predicted octanol–water partition coefficient (Wildman–Crippen LogP) is -1.01. The lowest BCUT2D eigenvalue weighted by Crippen LogP contribution is -2.11. The number of nitrogens with zero attached hydrogens (tertiary/aromatic N) is 5. The fourth-order valence-electron chi connectivity index (χ4n) is 1.05. The van der Waals surface area contributed by atoms with E-state index >= 15 is 0 Å². The monoisotopic (exact) mass is 221 g/mol. The van der Waals surface area contributed by atoms with Crippen LogP contribution in [0, 0.1) is 0 Å². The number of aromatic amines is 1. The highest BCUT2D eigenvalue weighted by Gasteiger charge is 2.04. The number of hydrogen-bond acceptors (Lipinski definition) is 9. The molecule has 0 aromatic carbocycles. The first-order valence-corrected chi connectivity index (χ1v) is 4.05. The van der Waals surface area contributed by atoms with Gasteiger partial charge in [0.1, 0.15) is 0 Å². The second-order valence-corrected chi connectivity index (χ2v) is 2.70. The highest BCUT2D eigenvalue weighted by Crippen LogP contribution is 2.04. The van der Waals surface area contributed by atoms with Crippen LogP contribution in [-0.2, 0) is 0 Å². The molecule has 3 heterocycles. The number of nitrogens with two attached hydrogens (primary N) is 1. The first kappa shape index (κ1) is 8.52. The van der Waals surface area contributed by atoms with Crippen LogP contribution in [0.5, 0.6) is 0 Å². The van der Waals surface area contributed by atoms with Crippen LogP contribution in [-0.4, -0.2) is 29.9 Å². The van der Waals surface area contributed by atoms with Gasteiger partial charge in [-0.25, -0.2) is 4.79 Å². The first-order chi connectivity index (χ1) is 7.69. The third kappa shape index (κ3) is 1.37. The second-order valence-electron chi connectivity index (χ2n) is 2.70. The van der Waals surface area contributed by atoms with Crippen molar-refractivity contribution in [2.45, 2.75) is 0 Å². The van der Waals surface area contributed by atoms with Crippen LogP contribution in [0.15, 0.2) is 13.6 Å². The van der Waals surface area contributed by atoms with Gasteiger partial charge in [0, 0.05) is 0 Å². The fourth-order valence-corrected chi connectivity index (χ4v) is 1.05. The lowest BCUT2D eigenvalue weighted by molar-refractivity contribution is 0.536. The third-order valence-electron chi connectivity index (χ3n) is 1.59. The van der Waals surface area contributed by atoms with E-state index in [4.69, 9.17) is 14.6 Å². The lowest BCUT2D eigenvalue weighted by atomic mass is 10.9. The smallest absolute Gasteiger partial charge is 0.353 e. The Bertz CT molecular complexity index is 698. The van der Waals surface area contributed by atoms with Gasteiger partial charge in [0.25, 0.3) is 0 Å². The SMILES string of the molecule is Nc1nc2nc(n1)oc1nc(nc(=O)[nH]1)o2. The van der Waals surface area contributed by atoms with Crippen molar-refractivity contribution in [2.24, 2.45) is 0 Å². The molecule has 0 atom stereocenters. The van der Waals surface area contributed by atoms with Crippen molar-refractivity contribution < 1.29 is 8.83 Å². The van der Waals surface area contributed by atoms with E-state index in [9.17, 15) is 4.79 Å². The van der Waals surface area contributed by atoms with E-state index in [2.05, 4.69) is 29.9 Å². The van der Waals surface area contributed by atoms with Gasteiger partial charge in [-0.15, -0.1) is 15.0 Å². The largest absolute Gasteiger partial charge is 0.389 e. The van der Waals surface area contributed by atoms with E-state index in [1.165, 1.54) is 0 Å². The van der Waals surface area contributed by atoms with Crippen LogP contribution in [0.4, 0.5) is 5.95 Å². The number of nitrogens with one attached hydrogen (secondary N) is 1. The molecule has 0 fully saturated rings. The molecule has 3 rings (SSSR count). The Morgan fingerprint density at radius 2 is 1.62 bits per heavy atom. The Labute approximate surface area is 85.2 Å². The zero-order valence-electron chi connectivity index (χ0n) is 7.54. The molecule has 0 amide bonds. The highest BCUT2D eigenvalue weighted by atomic mass is 16.4. The van der Waals surface area contributed by atoms with Crippen molar-refractivity contribution in [3.63, 3.8) is 0 Å². The molecule has 10 nitrogen and oxygen atoms in total. The topological polar surface area (TPSA) is 150 Å². The zero-order chi connectivity index (χ0) is 11.1. The van der Waals surface area contributed by atoms with Gasteiger partial charge in [-0.3, -0.25) is 4.98 Å². The van der Waals surface area contributed by atoms with Gasteiger partial charge in [0.05, 0.1) is 0 Å². The summed E-state index contributed by atoms with van der Waals surface area (Å²) in [5.41, 5.74) is 4.71. The summed E-state index contributed by atoms with van der Waals surface area (Å²) < 4.78 is 10.0. The van der Waals surface area contributed by atoms with E-state index in [0.29, 0.717) is 0 Å². The number of aromatic nitrogens is 6. The molecule has 3 aromatic rings. The summed E-state index contributed by atoms with van der Waals surface area (Å²) in [5.74, 6) is -0.699. The molecule has 0 saturated carbocycles. The molecule has 0 saturated heterocycles. The van der Waals surface area contributed by atoms with Gasteiger partial charge < -0.3 is 14.6 Å². The van der Waals surface area contributed by atoms with Crippen LogP contribution in [0.2, 0.25) is 0 Å². The number of rotatable bonds is 0. The number of H-pyrrole nitrogens is 1. The van der Waals surface area contributed by atoms with Crippen LogP contribution >= 0.6 is 0 Å². The number of hydrogen-bond donors (Lipinski definition) is 2. The maximum atomic E-state index is 11.0. The number of nitrogen functional groups attached to an aromatic ring is 1. The number of fused-ring (bicyclic) bond motifs is 4. The Morgan fingerprint density at radius 3 is 2.44 bits per heavy atom. The van der Waals surface area contributed by atoms with Crippen molar-refractivity contribution in [1.29, 1.82) is 0 Å². The molecule has 0 radical (unpaired) electrons. The molecule has 0 unspecified atom stereocenters. The Hall–Kier alpha value is -2.78. The van der Waals surface area contributed by atoms with E-state index in [1.807, 2.05) is 0 Å². The summed E-state index contributed by atoms with van der Waals surface area (Å²) in [4.78, 5) is 31.5. The maximum Gasteiger partial charge on any atom is 0.353 e. The molecule has 0 spiro atoms. The molecule has 0 aliphatic heterocycles. The third-order valence-corrected chi connectivity index (χ3v) is 1.59. The lowest BCUT2D eigenvalue weighted by Gasteiger charge is -1.94. The van der Waals surface area contributed by atoms with Gasteiger partial charge in [-0.05, 0) is 0 Å². The van der Waals surface area contributed by atoms with E-state index in [0.717, 1.165) is 0 Å². The average Bonchev–Trinajstić information content (AvgIpc) is 2.13. The molecule has 0 aliphatic rings. The summed E-state index contributed by atoms with van der Waals surface area (Å²) in [6.07, 6.45) is 0. The van der Waals surface area contributed by atoms with Crippen molar-refractivity contribution in [3.05, 3.63) is 10.5 Å². The Morgan fingerprint density at radius 1 is 0.938 bits per heavy atom. The van der Waals surface area contributed by atoms with E-state index < -0.39 is 5.69 Å². The highest BCUT2D eigenvalue weighted by molar-refractivity contribution is 5.41. The molecule has 10 heteroatoms. The summed E-state index contributed by atoms with van der Waals surface area (Å²) in [6, 6.07) is 0. The molecule has 3 aromatic heterocycles. The van der Waals surface area contributed by atoms with Crippen LogP contribution < -0.4 is 11.4 Å². The minimum absolute atomic E-state index is 0.0764. The van der Waals surface area contributed by atoms with Gasteiger partial charge in [-0.2, -0.15) is 9.97 Å².